The first-order valence-electron chi connectivity index (χ1n) is 6.85. The van der Waals surface area contributed by atoms with E-state index < -0.39 is 24.9 Å². The normalized spacial score (nSPS) is 11.0. The molecule has 0 aliphatic carbocycles. The predicted octanol–water partition coefficient (Wildman–Crippen LogP) is 1.99. The summed E-state index contributed by atoms with van der Waals surface area (Å²) in [6.45, 7) is 0.649. The van der Waals surface area contributed by atoms with Crippen molar-refractivity contribution in [3.63, 3.8) is 0 Å². The Balaban J connectivity index is 0.00000264. The van der Waals surface area contributed by atoms with E-state index in [9.17, 15) is 13.6 Å². The quantitative estimate of drug-likeness (QED) is 0.841. The van der Waals surface area contributed by atoms with Crippen molar-refractivity contribution in [2.24, 2.45) is 5.73 Å². The van der Waals surface area contributed by atoms with E-state index in [2.05, 4.69) is 10.4 Å². The number of nitrogens with zero attached hydrogens (tertiary/aromatic N) is 2. The zero-order valence-electron chi connectivity index (χ0n) is 12.6. The summed E-state index contributed by atoms with van der Waals surface area (Å²) in [5.74, 6) is -3.69. The van der Waals surface area contributed by atoms with Gasteiger partial charge in [-0.3, -0.25) is 9.48 Å². The maximum absolute atomic E-state index is 13.1. The lowest BCUT2D eigenvalue weighted by Crippen LogP contribution is -2.41. The number of carbonyl (C=O) groups is 1. The molecule has 126 valence electrons. The minimum atomic E-state index is -3.11. The van der Waals surface area contributed by atoms with E-state index in [4.69, 9.17) is 5.73 Å². The highest BCUT2D eigenvalue weighted by atomic mass is 35.5. The number of rotatable bonds is 6. The fourth-order valence-electron chi connectivity index (χ4n) is 1.96. The van der Waals surface area contributed by atoms with Crippen LogP contribution in [-0.4, -0.2) is 34.7 Å². The smallest absolute Gasteiger partial charge is 0.277 e. The molecule has 0 atom stereocenters. The van der Waals surface area contributed by atoms with E-state index in [1.165, 1.54) is 6.20 Å². The Kier molecular flexibility index (Phi) is 6.65. The first-order valence-corrected chi connectivity index (χ1v) is 6.85. The average Bonchev–Trinajstić information content (AvgIpc) is 2.87. The molecule has 5 nitrogen and oxygen atoms in total. The van der Waals surface area contributed by atoms with Gasteiger partial charge in [-0.1, -0.05) is 30.3 Å². The molecule has 1 heterocycles. The molecule has 0 unspecified atom stereocenters. The van der Waals surface area contributed by atoms with Gasteiger partial charge in [0, 0.05) is 5.69 Å². The molecular weight excluding hydrogens is 326 g/mol. The van der Waals surface area contributed by atoms with Crippen LogP contribution in [0.2, 0.25) is 0 Å². The zero-order chi connectivity index (χ0) is 16.2. The van der Waals surface area contributed by atoms with E-state index in [0.29, 0.717) is 12.2 Å². The summed E-state index contributed by atoms with van der Waals surface area (Å²) in [7, 11) is 0. The van der Waals surface area contributed by atoms with Crippen LogP contribution in [-0.2, 0) is 6.54 Å². The zero-order valence-corrected chi connectivity index (χ0v) is 13.4. The van der Waals surface area contributed by atoms with Crippen molar-refractivity contribution in [3.05, 3.63) is 53.3 Å². The SMILES string of the molecule is Cc1c(C(=O)NCC(F)(F)CN)cnn1Cc1ccccc1.Cl. The van der Waals surface area contributed by atoms with Crippen LogP contribution in [0.5, 0.6) is 0 Å². The fraction of sp³-hybridized carbons (Fsp3) is 0.333. The van der Waals surface area contributed by atoms with E-state index in [1.54, 1.807) is 11.6 Å². The van der Waals surface area contributed by atoms with Crippen molar-refractivity contribution >= 4 is 18.3 Å². The van der Waals surface area contributed by atoms with Gasteiger partial charge in [0.2, 0.25) is 0 Å². The topological polar surface area (TPSA) is 72.9 Å². The monoisotopic (exact) mass is 344 g/mol. The summed E-state index contributed by atoms with van der Waals surface area (Å²) in [4.78, 5) is 12.0. The van der Waals surface area contributed by atoms with Crippen molar-refractivity contribution < 1.29 is 13.6 Å². The Morgan fingerprint density at radius 3 is 2.61 bits per heavy atom. The molecule has 0 aliphatic heterocycles. The summed E-state index contributed by atoms with van der Waals surface area (Å²) in [6.07, 6.45) is 1.38. The lowest BCUT2D eigenvalue weighted by atomic mass is 10.2. The van der Waals surface area contributed by atoms with E-state index in [1.807, 2.05) is 30.3 Å². The molecule has 0 bridgehead atoms. The molecule has 23 heavy (non-hydrogen) atoms. The molecule has 3 N–H and O–H groups in total. The lowest BCUT2D eigenvalue weighted by molar-refractivity contribution is 0.0118. The third kappa shape index (κ3) is 5.01. The van der Waals surface area contributed by atoms with Crippen LogP contribution >= 0.6 is 12.4 Å². The van der Waals surface area contributed by atoms with Crippen LogP contribution in [0.15, 0.2) is 36.5 Å². The van der Waals surface area contributed by atoms with Gasteiger partial charge >= 0.3 is 0 Å². The number of hydrogen-bond donors (Lipinski definition) is 2. The van der Waals surface area contributed by atoms with Gasteiger partial charge < -0.3 is 11.1 Å². The van der Waals surface area contributed by atoms with Gasteiger partial charge in [0.15, 0.2) is 0 Å². The van der Waals surface area contributed by atoms with Crippen LogP contribution in [0, 0.1) is 6.92 Å². The average molecular weight is 345 g/mol. The number of halogens is 3. The number of nitrogens with two attached hydrogens (primary N) is 1. The van der Waals surface area contributed by atoms with Gasteiger partial charge in [-0.25, -0.2) is 8.78 Å². The summed E-state index contributed by atoms with van der Waals surface area (Å²) in [5.41, 5.74) is 6.87. The van der Waals surface area contributed by atoms with Gasteiger partial charge in [0.05, 0.1) is 31.4 Å². The molecule has 0 saturated carbocycles. The lowest BCUT2D eigenvalue weighted by Gasteiger charge is -2.14. The first kappa shape index (κ1) is 19.1. The van der Waals surface area contributed by atoms with E-state index in [-0.39, 0.29) is 18.0 Å². The van der Waals surface area contributed by atoms with Crippen molar-refractivity contribution in [3.8, 4) is 0 Å². The molecule has 1 aromatic heterocycles. The van der Waals surface area contributed by atoms with Crippen LogP contribution in [0.25, 0.3) is 0 Å². The Morgan fingerprint density at radius 1 is 1.35 bits per heavy atom. The Morgan fingerprint density at radius 2 is 2.00 bits per heavy atom. The number of benzene rings is 1. The van der Waals surface area contributed by atoms with Crippen molar-refractivity contribution in [1.29, 1.82) is 0 Å². The summed E-state index contributed by atoms with van der Waals surface area (Å²) in [6, 6.07) is 9.63. The Bertz CT molecular complexity index is 646. The Hall–Kier alpha value is -1.99. The summed E-state index contributed by atoms with van der Waals surface area (Å²) >= 11 is 0. The molecule has 0 fully saturated rings. The van der Waals surface area contributed by atoms with E-state index in [0.717, 1.165) is 5.56 Å². The third-order valence-corrected chi connectivity index (χ3v) is 3.33. The number of hydrogen-bond acceptors (Lipinski definition) is 3. The maximum atomic E-state index is 13.1. The second kappa shape index (κ2) is 8.03. The molecule has 1 amide bonds. The molecular formula is C15H19ClF2N4O. The number of amides is 1. The molecule has 8 heteroatoms. The molecule has 0 saturated heterocycles. The van der Waals surface area contributed by atoms with Gasteiger partial charge in [-0.15, -0.1) is 12.4 Å². The van der Waals surface area contributed by atoms with Crippen LogP contribution in [0.4, 0.5) is 8.78 Å². The fourth-order valence-corrected chi connectivity index (χ4v) is 1.96. The van der Waals surface area contributed by atoms with Gasteiger partial charge in [-0.2, -0.15) is 5.10 Å². The summed E-state index contributed by atoms with van der Waals surface area (Å²) < 4.78 is 27.8. The third-order valence-electron chi connectivity index (χ3n) is 3.33. The molecule has 2 rings (SSSR count). The minimum Gasteiger partial charge on any atom is -0.346 e. The first-order chi connectivity index (χ1) is 10.4. The number of aromatic nitrogens is 2. The predicted molar refractivity (Wildman–Crippen MR) is 86.1 cm³/mol. The maximum Gasteiger partial charge on any atom is 0.277 e. The molecule has 0 spiro atoms. The van der Waals surface area contributed by atoms with Gasteiger partial charge in [-0.05, 0) is 12.5 Å². The second-order valence-electron chi connectivity index (χ2n) is 5.03. The van der Waals surface area contributed by atoms with Gasteiger partial charge in [0.1, 0.15) is 0 Å². The number of carbonyl (C=O) groups excluding carboxylic acids is 1. The highest BCUT2D eigenvalue weighted by Crippen LogP contribution is 2.12. The molecule has 1 aromatic carbocycles. The number of nitrogens with one attached hydrogen (secondary N) is 1. The highest BCUT2D eigenvalue weighted by molar-refractivity contribution is 5.95. The summed E-state index contributed by atoms with van der Waals surface area (Å²) in [5, 5.41) is 6.33. The largest absolute Gasteiger partial charge is 0.346 e. The van der Waals surface area contributed by atoms with Crippen LogP contribution < -0.4 is 11.1 Å². The number of alkyl halides is 2. The Labute approximate surface area is 139 Å². The van der Waals surface area contributed by atoms with E-state index >= 15 is 0 Å². The standard InChI is InChI=1S/C15H18F2N4O.ClH/c1-11-13(14(22)19-10-15(16,17)9-18)7-20-21(11)8-12-5-3-2-4-6-12;/h2-7H,8-10,18H2,1H3,(H,19,22);1H. The van der Waals surface area contributed by atoms with Crippen molar-refractivity contribution in [2.45, 2.75) is 19.4 Å². The second-order valence-corrected chi connectivity index (χ2v) is 5.03. The highest BCUT2D eigenvalue weighted by Gasteiger charge is 2.28. The van der Waals surface area contributed by atoms with Crippen molar-refractivity contribution in [2.75, 3.05) is 13.1 Å². The van der Waals surface area contributed by atoms with Crippen LogP contribution in [0.3, 0.4) is 0 Å². The minimum absolute atomic E-state index is 0. The van der Waals surface area contributed by atoms with Gasteiger partial charge in [0.25, 0.3) is 11.8 Å². The molecule has 2 aromatic rings. The molecule has 0 radical (unpaired) electrons. The van der Waals surface area contributed by atoms with Crippen molar-refractivity contribution in [1.82, 2.24) is 15.1 Å². The van der Waals surface area contributed by atoms with Crippen LogP contribution in [0.1, 0.15) is 21.6 Å². The molecule has 0 aliphatic rings.